The Hall–Kier alpha value is -5.51. The van der Waals surface area contributed by atoms with Crippen LogP contribution in [0.3, 0.4) is 0 Å². The maximum atomic E-state index is 2.52. The number of benzene rings is 10. The Bertz CT molecular complexity index is 3510. The molecule has 0 saturated carbocycles. The van der Waals surface area contributed by atoms with Gasteiger partial charge < -0.3 is 0 Å². The van der Waals surface area contributed by atoms with Gasteiger partial charge >= 0.3 is 0 Å². The molecule has 6 heterocycles. The SMILES string of the molecule is c1ccc2c(c1)Sc1cccc3c1B2c1cccc(-c2cc(-c4cccc5c4Sc4cccc6c4B5c4ccccc4S6)cc(-c4cccc5c4Sc4cccc6c4B5c4ccccc4S6)c2)c1S3. The van der Waals surface area contributed by atoms with E-state index in [1.807, 2.05) is 70.6 Å². The summed E-state index contributed by atoms with van der Waals surface area (Å²) >= 11 is 11.7. The number of rotatable bonds is 3. The minimum absolute atomic E-state index is 0.186. The molecular weight excluding hydrogens is 945 g/mol. The van der Waals surface area contributed by atoms with Gasteiger partial charge in [0, 0.05) is 58.7 Å². The summed E-state index contributed by atoms with van der Waals surface area (Å²) in [6, 6.07) is 76.9. The van der Waals surface area contributed by atoms with Crippen LogP contribution in [-0.2, 0) is 0 Å². The van der Waals surface area contributed by atoms with Gasteiger partial charge in [0.25, 0.3) is 0 Å². The molecule has 0 nitrogen and oxygen atoms in total. The van der Waals surface area contributed by atoms with E-state index in [0.29, 0.717) is 0 Å². The summed E-state index contributed by atoms with van der Waals surface area (Å²) in [6.45, 7) is 0.557. The fourth-order valence-electron chi connectivity index (χ4n) is 12.0. The van der Waals surface area contributed by atoms with Crippen LogP contribution in [-0.4, -0.2) is 20.1 Å². The lowest BCUT2D eigenvalue weighted by Gasteiger charge is -2.34. The van der Waals surface area contributed by atoms with Crippen molar-refractivity contribution in [1.29, 1.82) is 0 Å². The van der Waals surface area contributed by atoms with Crippen molar-refractivity contribution >= 4 is 140 Å². The molecule has 0 radical (unpaired) electrons. The molecule has 0 unspecified atom stereocenters. The van der Waals surface area contributed by atoms with Crippen LogP contribution in [0.4, 0.5) is 0 Å². The zero-order chi connectivity index (χ0) is 44.9. The van der Waals surface area contributed by atoms with Gasteiger partial charge in [-0.25, -0.2) is 0 Å². The fourth-order valence-corrected chi connectivity index (χ4v) is 19.6. The molecule has 0 fully saturated rings. The average molecular weight is 979 g/mol. The normalized spacial score (nSPS) is 14.5. The highest BCUT2D eigenvalue weighted by Gasteiger charge is 2.42. The van der Waals surface area contributed by atoms with Crippen molar-refractivity contribution in [3.8, 4) is 33.4 Å². The predicted octanol–water partition coefficient (Wildman–Crippen LogP) is 11.0. The van der Waals surface area contributed by atoms with Crippen molar-refractivity contribution in [2.24, 2.45) is 0 Å². The first kappa shape index (κ1) is 40.2. The quantitative estimate of drug-likeness (QED) is 0.161. The summed E-state index contributed by atoms with van der Waals surface area (Å²) in [5, 5.41) is 0. The van der Waals surface area contributed by atoms with Crippen molar-refractivity contribution in [3.05, 3.63) is 200 Å². The zero-order valence-electron chi connectivity index (χ0n) is 36.7. The topological polar surface area (TPSA) is 0 Å². The molecule has 0 atom stereocenters. The molecule has 318 valence electrons. The van der Waals surface area contributed by atoms with Crippen LogP contribution in [0.15, 0.2) is 259 Å². The van der Waals surface area contributed by atoms with Gasteiger partial charge in [-0.05, 0) is 123 Å². The van der Waals surface area contributed by atoms with Crippen LogP contribution in [0.2, 0.25) is 0 Å². The van der Waals surface area contributed by atoms with Gasteiger partial charge in [-0.2, -0.15) is 0 Å². The van der Waals surface area contributed by atoms with Crippen molar-refractivity contribution in [2.75, 3.05) is 0 Å². The predicted molar refractivity (Wildman–Crippen MR) is 300 cm³/mol. The van der Waals surface area contributed by atoms with Crippen LogP contribution in [0.5, 0.6) is 0 Å². The van der Waals surface area contributed by atoms with E-state index in [1.165, 1.54) is 141 Å². The van der Waals surface area contributed by atoms with Crippen LogP contribution >= 0.6 is 70.6 Å². The van der Waals surface area contributed by atoms with Crippen molar-refractivity contribution in [1.82, 2.24) is 0 Å². The fraction of sp³-hybridized carbons (Fsp3) is 0. The molecule has 0 saturated heterocycles. The van der Waals surface area contributed by atoms with E-state index >= 15 is 0 Å². The Balaban J connectivity index is 0.935. The first-order valence-corrected chi connectivity index (χ1v) is 28.4. The van der Waals surface area contributed by atoms with E-state index in [0.717, 1.165) is 0 Å². The molecule has 10 aromatic rings. The molecule has 0 spiro atoms. The highest BCUT2D eigenvalue weighted by molar-refractivity contribution is 8.02. The van der Waals surface area contributed by atoms with Gasteiger partial charge in [-0.1, -0.05) is 231 Å². The lowest BCUT2D eigenvalue weighted by molar-refractivity contribution is 1.32. The molecule has 69 heavy (non-hydrogen) atoms. The molecule has 16 rings (SSSR count). The van der Waals surface area contributed by atoms with E-state index in [-0.39, 0.29) is 20.1 Å². The van der Waals surface area contributed by atoms with Crippen LogP contribution in [0.1, 0.15) is 0 Å². The van der Waals surface area contributed by atoms with Crippen LogP contribution < -0.4 is 49.2 Å². The van der Waals surface area contributed by atoms with E-state index in [9.17, 15) is 0 Å². The van der Waals surface area contributed by atoms with Gasteiger partial charge in [-0.15, -0.1) is 0 Å². The van der Waals surface area contributed by atoms with E-state index in [1.54, 1.807) is 0 Å². The molecule has 0 bridgehead atoms. The van der Waals surface area contributed by atoms with Crippen molar-refractivity contribution in [3.63, 3.8) is 0 Å². The molecule has 6 aliphatic rings. The van der Waals surface area contributed by atoms with Crippen LogP contribution in [0, 0.1) is 0 Å². The molecule has 0 N–H and O–H groups in total. The molecule has 0 amide bonds. The third kappa shape index (κ3) is 5.98. The van der Waals surface area contributed by atoms with Gasteiger partial charge in [0.05, 0.1) is 0 Å². The van der Waals surface area contributed by atoms with Gasteiger partial charge in [0.15, 0.2) is 0 Å². The van der Waals surface area contributed by atoms with Crippen molar-refractivity contribution < 1.29 is 0 Å². The zero-order valence-corrected chi connectivity index (χ0v) is 41.6. The second-order valence-electron chi connectivity index (χ2n) is 18.5. The summed E-state index contributed by atoms with van der Waals surface area (Å²) < 4.78 is 0. The summed E-state index contributed by atoms with van der Waals surface area (Å²) in [5.41, 5.74) is 20.5. The monoisotopic (exact) mass is 978 g/mol. The Morgan fingerprint density at radius 3 is 0.783 bits per heavy atom. The minimum atomic E-state index is 0.186. The Labute approximate surface area is 428 Å². The summed E-state index contributed by atoms with van der Waals surface area (Å²) in [7, 11) is 0. The van der Waals surface area contributed by atoms with Gasteiger partial charge in [0.2, 0.25) is 20.1 Å². The Kier molecular flexibility index (Phi) is 9.04. The maximum absolute atomic E-state index is 2.52. The largest absolute Gasteiger partial charge is 0.247 e. The summed E-state index contributed by atoms with van der Waals surface area (Å²) in [6.07, 6.45) is 0. The highest BCUT2D eigenvalue weighted by atomic mass is 32.2. The van der Waals surface area contributed by atoms with Crippen molar-refractivity contribution in [2.45, 2.75) is 58.7 Å². The van der Waals surface area contributed by atoms with Gasteiger partial charge in [0.1, 0.15) is 0 Å². The molecule has 0 aromatic heterocycles. The lowest BCUT2D eigenvalue weighted by atomic mass is 9.36. The molecular formula is C60H33B3S6. The first-order chi connectivity index (χ1) is 34.2. The Morgan fingerprint density at radius 2 is 0.464 bits per heavy atom. The number of hydrogen-bond donors (Lipinski definition) is 0. The third-order valence-corrected chi connectivity index (χ3v) is 22.1. The summed E-state index contributed by atoms with van der Waals surface area (Å²) in [5.74, 6) is 0. The standard InChI is InChI=1S/C60H33B3S6/c1-4-22-46-40(16-1)61-43-19-7-13-37(58(43)67-52-28-10-25-49(64-46)55(52)61)34-31-35(38-14-8-20-44-59(38)68-53-29-11-26-50-56(53)62(44)41-17-2-5-23-47(41)65-50)33-36(32-34)39-15-9-21-45-60(39)69-54-30-12-27-51-57(54)63(45)42-18-3-6-24-48(42)66-51/h1-33H. The molecule has 0 aliphatic carbocycles. The minimum Gasteiger partial charge on any atom is -0.0911 e. The van der Waals surface area contributed by atoms with Gasteiger partial charge in [-0.3, -0.25) is 0 Å². The molecule has 6 aliphatic heterocycles. The number of fused-ring (bicyclic) bond motifs is 12. The van der Waals surface area contributed by atoms with Crippen LogP contribution in [0.25, 0.3) is 33.4 Å². The van der Waals surface area contributed by atoms with E-state index < -0.39 is 0 Å². The first-order valence-electron chi connectivity index (χ1n) is 23.5. The average Bonchev–Trinajstić information content (AvgIpc) is 3.40. The number of hydrogen-bond acceptors (Lipinski definition) is 6. The molecule has 10 aromatic carbocycles. The highest BCUT2D eigenvalue weighted by Crippen LogP contribution is 2.48. The van der Waals surface area contributed by atoms with E-state index in [4.69, 9.17) is 0 Å². The third-order valence-electron chi connectivity index (χ3n) is 14.9. The maximum Gasteiger partial charge on any atom is 0.247 e. The lowest BCUT2D eigenvalue weighted by Crippen LogP contribution is -2.58. The smallest absolute Gasteiger partial charge is 0.0911 e. The second-order valence-corrected chi connectivity index (χ2v) is 24.9. The van der Waals surface area contributed by atoms with E-state index in [2.05, 4.69) is 200 Å². The second kappa shape index (κ2) is 15.5. The summed E-state index contributed by atoms with van der Waals surface area (Å²) in [4.78, 5) is 16.4. The Morgan fingerprint density at radius 1 is 0.217 bits per heavy atom. The molecule has 9 heteroatoms.